The van der Waals surface area contributed by atoms with E-state index in [4.69, 9.17) is 14.2 Å². The molecule has 0 fully saturated rings. The van der Waals surface area contributed by atoms with Gasteiger partial charge in [-0.1, -0.05) is 11.8 Å². The number of hydrogen-bond acceptors (Lipinski definition) is 5. The van der Waals surface area contributed by atoms with Gasteiger partial charge < -0.3 is 19.5 Å². The van der Waals surface area contributed by atoms with Gasteiger partial charge in [-0.25, -0.2) is 0 Å². The minimum Gasteiger partial charge on any atom is -0.493 e. The van der Waals surface area contributed by atoms with E-state index in [9.17, 15) is 13.6 Å². The Morgan fingerprint density at radius 2 is 1.96 bits per heavy atom. The van der Waals surface area contributed by atoms with E-state index >= 15 is 0 Å². The van der Waals surface area contributed by atoms with Crippen molar-refractivity contribution in [1.82, 2.24) is 0 Å². The maximum absolute atomic E-state index is 12.3. The first-order valence-corrected chi connectivity index (χ1v) is 8.94. The van der Waals surface area contributed by atoms with E-state index < -0.39 is 5.76 Å². The lowest BCUT2D eigenvalue weighted by atomic mass is 10.1. The Morgan fingerprint density at radius 3 is 2.67 bits per heavy atom. The molecule has 0 bridgehead atoms. The summed E-state index contributed by atoms with van der Waals surface area (Å²) in [4.78, 5) is 12.5. The fourth-order valence-corrected chi connectivity index (χ4v) is 2.96. The molecule has 27 heavy (non-hydrogen) atoms. The van der Waals surface area contributed by atoms with Crippen LogP contribution in [0.25, 0.3) is 6.08 Å². The molecule has 0 radical (unpaired) electrons. The number of amides is 1. The molecule has 1 aliphatic rings. The molecular formula is C19H17F2NO4S. The molecule has 1 aliphatic heterocycles. The molecule has 0 saturated heterocycles. The molecule has 8 heteroatoms. The molecule has 1 heterocycles. The standard InChI is InChI=1S/C19H17F2NO4S/c1-24-15-10-12(11-16-18(15)26-9-8-25-16)2-7-17(23)22-13-3-5-14(6-4-13)27-19(20)21/h2-7,10-11,19H,8-9H2,1H3,(H,22,23). The molecule has 1 N–H and O–H groups in total. The second kappa shape index (κ2) is 8.77. The fraction of sp³-hybridized carbons (Fsp3) is 0.211. The summed E-state index contributed by atoms with van der Waals surface area (Å²) >= 11 is 0.454. The van der Waals surface area contributed by atoms with E-state index in [1.807, 2.05) is 0 Å². The van der Waals surface area contributed by atoms with Crippen LogP contribution in [0, 0.1) is 0 Å². The number of halogens is 2. The van der Waals surface area contributed by atoms with E-state index in [0.29, 0.717) is 52.8 Å². The summed E-state index contributed by atoms with van der Waals surface area (Å²) < 4.78 is 41.0. The molecule has 0 saturated carbocycles. The lowest BCUT2D eigenvalue weighted by Crippen LogP contribution is -2.16. The SMILES string of the molecule is COc1cc(C=CC(=O)Nc2ccc(SC(F)F)cc2)cc2c1OCCO2. The van der Waals surface area contributed by atoms with Gasteiger partial charge in [0.1, 0.15) is 13.2 Å². The van der Waals surface area contributed by atoms with Crippen molar-refractivity contribution in [2.24, 2.45) is 0 Å². The summed E-state index contributed by atoms with van der Waals surface area (Å²) in [5, 5.41) is 2.67. The van der Waals surface area contributed by atoms with Crippen LogP contribution in [0.4, 0.5) is 14.5 Å². The van der Waals surface area contributed by atoms with E-state index in [1.165, 1.54) is 25.3 Å². The Kier molecular flexibility index (Phi) is 6.18. The number of carbonyl (C=O) groups excluding carboxylic acids is 1. The number of fused-ring (bicyclic) bond motifs is 1. The molecule has 1 amide bonds. The third-order valence-electron chi connectivity index (χ3n) is 3.62. The molecule has 3 rings (SSSR count). The van der Waals surface area contributed by atoms with Crippen LogP contribution >= 0.6 is 11.8 Å². The molecule has 0 aliphatic carbocycles. The number of anilines is 1. The average Bonchev–Trinajstić information content (AvgIpc) is 2.67. The number of carbonyl (C=O) groups is 1. The Hall–Kier alpha value is -2.74. The van der Waals surface area contributed by atoms with Crippen molar-refractivity contribution < 1.29 is 27.8 Å². The largest absolute Gasteiger partial charge is 0.493 e. The second-order valence-electron chi connectivity index (χ2n) is 5.47. The average molecular weight is 393 g/mol. The molecule has 5 nitrogen and oxygen atoms in total. The monoisotopic (exact) mass is 393 g/mol. The lowest BCUT2D eigenvalue weighted by Gasteiger charge is -2.20. The van der Waals surface area contributed by atoms with Crippen LogP contribution in [-0.2, 0) is 4.79 Å². The zero-order chi connectivity index (χ0) is 19.2. The van der Waals surface area contributed by atoms with E-state index in [1.54, 1.807) is 30.3 Å². The van der Waals surface area contributed by atoms with Gasteiger partial charge in [-0.2, -0.15) is 8.78 Å². The highest BCUT2D eigenvalue weighted by atomic mass is 32.2. The third-order valence-corrected chi connectivity index (χ3v) is 4.35. The zero-order valence-corrected chi connectivity index (χ0v) is 15.2. The molecular weight excluding hydrogens is 376 g/mol. The second-order valence-corrected chi connectivity index (χ2v) is 6.54. The smallest absolute Gasteiger partial charge is 0.288 e. The number of ether oxygens (including phenoxy) is 3. The number of thioether (sulfide) groups is 1. The van der Waals surface area contributed by atoms with Gasteiger partial charge in [0, 0.05) is 16.7 Å². The molecule has 2 aromatic carbocycles. The van der Waals surface area contributed by atoms with Crippen LogP contribution < -0.4 is 19.5 Å². The van der Waals surface area contributed by atoms with Crippen LogP contribution in [0.1, 0.15) is 5.56 Å². The van der Waals surface area contributed by atoms with Gasteiger partial charge in [-0.15, -0.1) is 0 Å². The first kappa shape index (κ1) is 19.0. The maximum atomic E-state index is 12.3. The minimum absolute atomic E-state index is 0.349. The van der Waals surface area contributed by atoms with Crippen molar-refractivity contribution in [2.75, 3.05) is 25.6 Å². The highest BCUT2D eigenvalue weighted by Gasteiger charge is 2.17. The summed E-state index contributed by atoms with van der Waals surface area (Å²) in [6.07, 6.45) is 2.99. The molecule has 0 unspecified atom stereocenters. The summed E-state index contributed by atoms with van der Waals surface area (Å²) in [6, 6.07) is 9.71. The van der Waals surface area contributed by atoms with Crippen molar-refractivity contribution in [2.45, 2.75) is 10.7 Å². The molecule has 2 aromatic rings. The first-order chi connectivity index (χ1) is 13.0. The highest BCUT2D eigenvalue weighted by Crippen LogP contribution is 2.40. The maximum Gasteiger partial charge on any atom is 0.288 e. The van der Waals surface area contributed by atoms with Crippen molar-refractivity contribution >= 4 is 29.4 Å². The van der Waals surface area contributed by atoms with Crippen LogP contribution in [-0.4, -0.2) is 32.0 Å². The van der Waals surface area contributed by atoms with Gasteiger partial charge in [-0.3, -0.25) is 4.79 Å². The van der Waals surface area contributed by atoms with Crippen LogP contribution in [0.3, 0.4) is 0 Å². The number of rotatable bonds is 6. The Balaban J connectivity index is 1.66. The quantitative estimate of drug-likeness (QED) is 0.581. The van der Waals surface area contributed by atoms with E-state index in [-0.39, 0.29) is 5.91 Å². The number of nitrogens with one attached hydrogen (secondary N) is 1. The Labute approximate surface area is 159 Å². The summed E-state index contributed by atoms with van der Waals surface area (Å²) in [7, 11) is 1.53. The third kappa shape index (κ3) is 5.13. The summed E-state index contributed by atoms with van der Waals surface area (Å²) in [5.41, 5.74) is 1.23. The number of methoxy groups -OCH3 is 1. The van der Waals surface area contributed by atoms with Gasteiger partial charge in [0.15, 0.2) is 11.5 Å². The summed E-state index contributed by atoms with van der Waals surface area (Å²) in [5.74, 6) is -1.19. The highest BCUT2D eigenvalue weighted by molar-refractivity contribution is 7.99. The number of benzene rings is 2. The molecule has 142 valence electrons. The lowest BCUT2D eigenvalue weighted by molar-refractivity contribution is -0.111. The predicted octanol–water partition coefficient (Wildman–Crippen LogP) is 4.43. The zero-order valence-electron chi connectivity index (χ0n) is 14.4. The van der Waals surface area contributed by atoms with Gasteiger partial charge in [0.2, 0.25) is 11.7 Å². The normalized spacial score (nSPS) is 13.0. The van der Waals surface area contributed by atoms with Gasteiger partial charge in [0.25, 0.3) is 5.76 Å². The van der Waals surface area contributed by atoms with Crippen molar-refractivity contribution in [3.05, 3.63) is 48.0 Å². The minimum atomic E-state index is -2.48. The molecule has 0 spiro atoms. The molecule has 0 aromatic heterocycles. The van der Waals surface area contributed by atoms with Crippen LogP contribution in [0.2, 0.25) is 0 Å². The fourth-order valence-electron chi connectivity index (χ4n) is 2.47. The first-order valence-electron chi connectivity index (χ1n) is 8.07. The number of alkyl halides is 2. The van der Waals surface area contributed by atoms with Crippen LogP contribution in [0.15, 0.2) is 47.4 Å². The number of hydrogen-bond donors (Lipinski definition) is 1. The Morgan fingerprint density at radius 1 is 1.22 bits per heavy atom. The van der Waals surface area contributed by atoms with Gasteiger partial charge in [0.05, 0.1) is 7.11 Å². The van der Waals surface area contributed by atoms with E-state index in [2.05, 4.69) is 5.32 Å². The predicted molar refractivity (Wildman–Crippen MR) is 100.0 cm³/mol. The van der Waals surface area contributed by atoms with E-state index in [0.717, 1.165) is 5.56 Å². The Bertz CT molecular complexity index is 823. The van der Waals surface area contributed by atoms with Crippen molar-refractivity contribution in [1.29, 1.82) is 0 Å². The van der Waals surface area contributed by atoms with Gasteiger partial charge >= 0.3 is 0 Å². The summed E-state index contributed by atoms with van der Waals surface area (Å²) in [6.45, 7) is 0.902. The topological polar surface area (TPSA) is 56.8 Å². The van der Waals surface area contributed by atoms with Crippen LogP contribution in [0.5, 0.6) is 17.2 Å². The van der Waals surface area contributed by atoms with Crippen molar-refractivity contribution in [3.63, 3.8) is 0 Å². The van der Waals surface area contributed by atoms with Gasteiger partial charge in [-0.05, 0) is 48.0 Å². The van der Waals surface area contributed by atoms with Crippen molar-refractivity contribution in [3.8, 4) is 17.2 Å². The molecule has 0 atom stereocenters.